The standard InChI is InChI=1S/C9H10O3.C4H8O2/c1-6(10)7-3-4-8(11)9(5-7)12-2;1-3(2)4(5)6/h3-5,11H,1-2H3;3H,1-2H3,(H,5,6). The minimum absolute atomic E-state index is 0.0440. The van der Waals surface area contributed by atoms with Gasteiger partial charge >= 0.3 is 5.97 Å². The molecule has 100 valence electrons. The van der Waals surface area contributed by atoms with Gasteiger partial charge < -0.3 is 14.9 Å². The van der Waals surface area contributed by atoms with Gasteiger partial charge in [0, 0.05) is 5.56 Å². The summed E-state index contributed by atoms with van der Waals surface area (Å²) in [5.41, 5.74) is 0.532. The highest BCUT2D eigenvalue weighted by Gasteiger charge is 2.04. The van der Waals surface area contributed by atoms with Crippen LogP contribution < -0.4 is 4.74 Å². The summed E-state index contributed by atoms with van der Waals surface area (Å²) in [6, 6.07) is 4.51. The number of ketones is 1. The third kappa shape index (κ3) is 5.34. The van der Waals surface area contributed by atoms with E-state index in [0.29, 0.717) is 11.3 Å². The second-order valence-electron chi connectivity index (χ2n) is 3.94. The molecule has 18 heavy (non-hydrogen) atoms. The smallest absolute Gasteiger partial charge is 0.305 e. The monoisotopic (exact) mass is 254 g/mol. The number of carboxylic acid groups (broad SMARTS) is 1. The summed E-state index contributed by atoms with van der Waals surface area (Å²) >= 11 is 0. The SMILES string of the molecule is CC(C)C(=O)O.COc1cc(C(C)=O)ccc1O. The van der Waals surface area contributed by atoms with E-state index in [0.717, 1.165) is 0 Å². The molecule has 0 unspecified atom stereocenters. The average molecular weight is 254 g/mol. The number of Topliss-reactive ketones (excluding diaryl/α,β-unsaturated/α-hetero) is 1. The number of aromatic hydroxyl groups is 1. The fraction of sp³-hybridized carbons (Fsp3) is 0.385. The van der Waals surface area contributed by atoms with Gasteiger partial charge in [0.2, 0.25) is 0 Å². The Balaban J connectivity index is 0.000000411. The first-order valence-corrected chi connectivity index (χ1v) is 5.40. The predicted octanol–water partition coefficient (Wildman–Crippen LogP) is 2.33. The molecule has 0 radical (unpaired) electrons. The number of ether oxygens (including phenoxy) is 1. The second kappa shape index (κ2) is 7.32. The first-order chi connectivity index (χ1) is 8.29. The number of benzene rings is 1. The topological polar surface area (TPSA) is 83.8 Å². The first-order valence-electron chi connectivity index (χ1n) is 5.40. The van der Waals surface area contributed by atoms with Gasteiger partial charge in [-0.05, 0) is 25.1 Å². The number of aliphatic carboxylic acids is 1. The number of rotatable bonds is 3. The van der Waals surface area contributed by atoms with E-state index >= 15 is 0 Å². The molecule has 5 heteroatoms. The van der Waals surface area contributed by atoms with Crippen LogP contribution in [0.5, 0.6) is 11.5 Å². The van der Waals surface area contributed by atoms with E-state index in [4.69, 9.17) is 9.84 Å². The van der Waals surface area contributed by atoms with E-state index in [2.05, 4.69) is 0 Å². The Morgan fingerprint density at radius 3 is 2.11 bits per heavy atom. The lowest BCUT2D eigenvalue weighted by Gasteiger charge is -2.03. The van der Waals surface area contributed by atoms with E-state index in [1.54, 1.807) is 19.9 Å². The zero-order valence-electron chi connectivity index (χ0n) is 10.9. The van der Waals surface area contributed by atoms with Gasteiger partial charge in [0.15, 0.2) is 17.3 Å². The fourth-order valence-corrected chi connectivity index (χ4v) is 0.897. The molecule has 0 aliphatic heterocycles. The molecular formula is C13H18O5. The van der Waals surface area contributed by atoms with Crippen molar-refractivity contribution in [3.8, 4) is 11.5 Å². The van der Waals surface area contributed by atoms with Crippen LogP contribution >= 0.6 is 0 Å². The van der Waals surface area contributed by atoms with Crippen molar-refractivity contribution in [2.75, 3.05) is 7.11 Å². The van der Waals surface area contributed by atoms with Gasteiger partial charge in [-0.25, -0.2) is 0 Å². The maximum absolute atomic E-state index is 10.9. The summed E-state index contributed by atoms with van der Waals surface area (Å²) < 4.78 is 4.83. The van der Waals surface area contributed by atoms with Crippen molar-refractivity contribution >= 4 is 11.8 Å². The molecule has 1 aromatic carbocycles. The van der Waals surface area contributed by atoms with E-state index in [1.807, 2.05) is 0 Å². The highest BCUT2D eigenvalue weighted by Crippen LogP contribution is 2.26. The molecule has 2 N–H and O–H groups in total. The molecule has 0 fully saturated rings. The maximum Gasteiger partial charge on any atom is 0.305 e. The minimum atomic E-state index is -0.741. The third-order valence-electron chi connectivity index (χ3n) is 2.08. The van der Waals surface area contributed by atoms with Gasteiger partial charge in [0.1, 0.15) is 0 Å². The third-order valence-corrected chi connectivity index (χ3v) is 2.08. The Morgan fingerprint density at radius 1 is 1.28 bits per heavy atom. The molecule has 0 bridgehead atoms. The molecule has 0 atom stereocenters. The molecule has 0 aliphatic carbocycles. The maximum atomic E-state index is 10.9. The lowest BCUT2D eigenvalue weighted by Crippen LogP contribution is -2.03. The van der Waals surface area contributed by atoms with Gasteiger partial charge in [0.25, 0.3) is 0 Å². The van der Waals surface area contributed by atoms with Crippen molar-refractivity contribution in [3.63, 3.8) is 0 Å². The van der Waals surface area contributed by atoms with Crippen molar-refractivity contribution < 1.29 is 24.5 Å². The number of phenols is 1. The van der Waals surface area contributed by atoms with Crippen LogP contribution in [0.15, 0.2) is 18.2 Å². The van der Waals surface area contributed by atoms with Crippen molar-refractivity contribution in [2.45, 2.75) is 20.8 Å². The van der Waals surface area contributed by atoms with Crippen molar-refractivity contribution in [2.24, 2.45) is 5.92 Å². The normalized spacial score (nSPS) is 9.39. The second-order valence-corrected chi connectivity index (χ2v) is 3.94. The van der Waals surface area contributed by atoms with E-state index in [-0.39, 0.29) is 17.5 Å². The highest BCUT2D eigenvalue weighted by atomic mass is 16.5. The van der Waals surface area contributed by atoms with Crippen LogP contribution in [0.25, 0.3) is 0 Å². The van der Waals surface area contributed by atoms with Gasteiger partial charge in [0.05, 0.1) is 13.0 Å². The van der Waals surface area contributed by atoms with Gasteiger partial charge in [-0.15, -0.1) is 0 Å². The van der Waals surface area contributed by atoms with E-state index in [9.17, 15) is 14.7 Å². The Bertz CT molecular complexity index is 423. The average Bonchev–Trinajstić information content (AvgIpc) is 2.30. The lowest BCUT2D eigenvalue weighted by molar-refractivity contribution is -0.140. The molecule has 0 aliphatic rings. The fourth-order valence-electron chi connectivity index (χ4n) is 0.897. The Hall–Kier alpha value is -2.04. The van der Waals surface area contributed by atoms with Crippen LogP contribution in [0.3, 0.4) is 0 Å². The summed E-state index contributed by atoms with van der Waals surface area (Å²) in [4.78, 5) is 20.6. The molecule has 5 nitrogen and oxygen atoms in total. The summed E-state index contributed by atoms with van der Waals surface area (Å²) in [5.74, 6) is -0.654. The van der Waals surface area contributed by atoms with Crippen LogP contribution in [0, 0.1) is 5.92 Å². The summed E-state index contributed by atoms with van der Waals surface area (Å²) in [5, 5.41) is 17.2. The molecule has 0 amide bonds. The lowest BCUT2D eigenvalue weighted by atomic mass is 10.1. The molecule has 0 heterocycles. The summed E-state index contributed by atoms with van der Waals surface area (Å²) in [6.07, 6.45) is 0. The van der Waals surface area contributed by atoms with Crippen molar-refractivity contribution in [1.29, 1.82) is 0 Å². The summed E-state index contributed by atoms with van der Waals surface area (Å²) in [7, 11) is 1.44. The number of hydrogen-bond donors (Lipinski definition) is 2. The van der Waals surface area contributed by atoms with Crippen LogP contribution in [0.4, 0.5) is 0 Å². The predicted molar refractivity (Wildman–Crippen MR) is 67.1 cm³/mol. The van der Waals surface area contributed by atoms with Crippen molar-refractivity contribution in [1.82, 2.24) is 0 Å². The molecule has 1 aromatic rings. The van der Waals surface area contributed by atoms with Crippen LogP contribution in [0.1, 0.15) is 31.1 Å². The molecule has 0 saturated carbocycles. The number of methoxy groups -OCH3 is 1. The summed E-state index contributed by atoms with van der Waals surface area (Å²) in [6.45, 7) is 4.75. The zero-order valence-corrected chi connectivity index (χ0v) is 10.9. The molecule has 0 aromatic heterocycles. The first kappa shape index (κ1) is 16.0. The van der Waals surface area contributed by atoms with Crippen LogP contribution in [0.2, 0.25) is 0 Å². The molecule has 0 spiro atoms. The van der Waals surface area contributed by atoms with E-state index < -0.39 is 5.97 Å². The number of hydrogen-bond acceptors (Lipinski definition) is 4. The Labute approximate surface area is 106 Å². The number of carbonyl (C=O) groups is 2. The van der Waals surface area contributed by atoms with Crippen molar-refractivity contribution in [3.05, 3.63) is 23.8 Å². The number of phenolic OH excluding ortho intramolecular Hbond substituents is 1. The van der Waals surface area contributed by atoms with Gasteiger partial charge in [-0.2, -0.15) is 0 Å². The molecular weight excluding hydrogens is 236 g/mol. The Morgan fingerprint density at radius 2 is 1.78 bits per heavy atom. The zero-order chi connectivity index (χ0) is 14.3. The van der Waals surface area contributed by atoms with Crippen LogP contribution in [-0.4, -0.2) is 29.1 Å². The molecule has 1 rings (SSSR count). The minimum Gasteiger partial charge on any atom is -0.504 e. The number of carbonyl (C=O) groups excluding carboxylic acids is 1. The quantitative estimate of drug-likeness (QED) is 0.809. The van der Waals surface area contributed by atoms with Gasteiger partial charge in [-0.1, -0.05) is 13.8 Å². The largest absolute Gasteiger partial charge is 0.504 e. The Kier molecular flexibility index (Phi) is 6.49. The van der Waals surface area contributed by atoms with E-state index in [1.165, 1.54) is 26.2 Å². The van der Waals surface area contributed by atoms with Crippen LogP contribution in [-0.2, 0) is 4.79 Å². The van der Waals surface area contributed by atoms with Gasteiger partial charge in [-0.3, -0.25) is 9.59 Å². The molecule has 0 saturated heterocycles. The number of carboxylic acids is 1. The highest BCUT2D eigenvalue weighted by molar-refractivity contribution is 5.94.